The van der Waals surface area contributed by atoms with Gasteiger partial charge in [-0.15, -0.1) is 12.3 Å². The predicted molar refractivity (Wildman–Crippen MR) is 56.3 cm³/mol. The quantitative estimate of drug-likeness (QED) is 0.498. The summed E-state index contributed by atoms with van der Waals surface area (Å²) in [6.45, 7) is 0.223. The molecule has 0 rings (SSSR count). The number of nitrogens with one attached hydrogen (secondary N) is 1. The van der Waals surface area contributed by atoms with Crippen LogP contribution in [-0.2, 0) is 4.79 Å². The number of carbonyl (C=O) groups is 2. The minimum absolute atomic E-state index is 0.295. The molecule has 0 aromatic carbocycles. The van der Waals surface area contributed by atoms with Crippen LogP contribution in [0.15, 0.2) is 0 Å². The minimum Gasteiger partial charge on any atom is -0.480 e. The molecule has 0 saturated carbocycles. The number of aliphatic carboxylic acids is 1. The van der Waals surface area contributed by atoms with Gasteiger partial charge in [0.25, 0.3) is 0 Å². The lowest BCUT2D eigenvalue weighted by Gasteiger charge is -2.15. The monoisotopic (exact) mass is 212 g/mol. The second kappa shape index (κ2) is 7.68. The van der Waals surface area contributed by atoms with E-state index < -0.39 is 5.97 Å². The van der Waals surface area contributed by atoms with E-state index in [4.69, 9.17) is 11.5 Å². The Morgan fingerprint density at radius 2 is 2.13 bits per heavy atom. The summed E-state index contributed by atoms with van der Waals surface area (Å²) >= 11 is 0. The average Bonchev–Trinajstić information content (AvgIpc) is 2.16. The third-order valence-electron chi connectivity index (χ3n) is 1.74. The van der Waals surface area contributed by atoms with Crippen molar-refractivity contribution in [1.82, 2.24) is 10.2 Å². The van der Waals surface area contributed by atoms with Gasteiger partial charge in [-0.05, 0) is 12.8 Å². The number of carboxylic acid groups (broad SMARTS) is 1. The normalized spacial score (nSPS) is 9.07. The Morgan fingerprint density at radius 3 is 2.67 bits per heavy atom. The first kappa shape index (κ1) is 13.3. The maximum atomic E-state index is 11.2. The van der Waals surface area contributed by atoms with Crippen molar-refractivity contribution in [2.75, 3.05) is 20.1 Å². The van der Waals surface area contributed by atoms with E-state index in [0.717, 1.165) is 17.7 Å². The Balaban J connectivity index is 3.56. The molecule has 0 bridgehead atoms. The van der Waals surface area contributed by atoms with Crippen LogP contribution in [0.2, 0.25) is 0 Å². The van der Waals surface area contributed by atoms with Crippen LogP contribution in [0, 0.1) is 12.3 Å². The summed E-state index contributed by atoms with van der Waals surface area (Å²) < 4.78 is 0. The zero-order chi connectivity index (χ0) is 11.7. The first-order chi connectivity index (χ1) is 7.07. The number of likely N-dealkylation sites (N-methyl/N-ethyl adjacent to an activating group) is 1. The van der Waals surface area contributed by atoms with Crippen molar-refractivity contribution in [3.8, 4) is 12.3 Å². The molecule has 0 aliphatic heterocycles. The molecule has 0 aliphatic rings. The van der Waals surface area contributed by atoms with Crippen LogP contribution in [0.25, 0.3) is 0 Å². The summed E-state index contributed by atoms with van der Waals surface area (Å²) in [6, 6.07) is -0.377. The van der Waals surface area contributed by atoms with Gasteiger partial charge in [0, 0.05) is 20.0 Å². The van der Waals surface area contributed by atoms with Crippen molar-refractivity contribution >= 4 is 12.0 Å². The maximum Gasteiger partial charge on any atom is 0.323 e. The van der Waals surface area contributed by atoms with Crippen molar-refractivity contribution in [2.24, 2.45) is 0 Å². The van der Waals surface area contributed by atoms with Crippen molar-refractivity contribution in [1.29, 1.82) is 0 Å². The molecule has 15 heavy (non-hydrogen) atoms. The molecule has 5 nitrogen and oxygen atoms in total. The number of carbonyl (C=O) groups excluding carboxylic acids is 1. The zero-order valence-corrected chi connectivity index (χ0v) is 8.82. The zero-order valence-electron chi connectivity index (χ0n) is 8.82. The molecular formula is C10H16N2O3. The Labute approximate surface area is 89.4 Å². The van der Waals surface area contributed by atoms with E-state index >= 15 is 0 Å². The fourth-order valence-corrected chi connectivity index (χ4v) is 0.957. The number of rotatable bonds is 6. The lowest BCUT2D eigenvalue weighted by Crippen LogP contribution is -2.40. The molecule has 0 aliphatic carbocycles. The molecule has 2 N–H and O–H groups in total. The first-order valence-corrected chi connectivity index (χ1v) is 4.72. The molecule has 0 heterocycles. The molecule has 0 fully saturated rings. The molecule has 0 spiro atoms. The van der Waals surface area contributed by atoms with Gasteiger partial charge in [-0.1, -0.05) is 0 Å². The molecule has 0 unspecified atom stereocenters. The lowest BCUT2D eigenvalue weighted by molar-refractivity contribution is -0.137. The number of urea groups is 1. The van der Waals surface area contributed by atoms with E-state index in [1.54, 1.807) is 0 Å². The van der Waals surface area contributed by atoms with Crippen LogP contribution in [0.5, 0.6) is 0 Å². The van der Waals surface area contributed by atoms with Crippen LogP contribution in [0.3, 0.4) is 0 Å². The highest BCUT2D eigenvalue weighted by Gasteiger charge is 2.10. The molecule has 0 aromatic rings. The van der Waals surface area contributed by atoms with Crippen molar-refractivity contribution in [3.05, 3.63) is 0 Å². The summed E-state index contributed by atoms with van der Waals surface area (Å²) in [6.07, 6.45) is 7.42. The summed E-state index contributed by atoms with van der Waals surface area (Å²) in [5.74, 6) is 1.48. The van der Waals surface area contributed by atoms with Gasteiger partial charge in [0.05, 0.1) is 0 Å². The van der Waals surface area contributed by atoms with E-state index in [1.165, 1.54) is 7.05 Å². The van der Waals surface area contributed by atoms with Gasteiger partial charge >= 0.3 is 12.0 Å². The Morgan fingerprint density at radius 1 is 1.47 bits per heavy atom. The number of hydrogen-bond acceptors (Lipinski definition) is 2. The largest absolute Gasteiger partial charge is 0.480 e. The molecule has 0 radical (unpaired) electrons. The topological polar surface area (TPSA) is 69.6 Å². The lowest BCUT2D eigenvalue weighted by atomic mass is 10.2. The molecule has 0 saturated heterocycles. The van der Waals surface area contributed by atoms with Crippen molar-refractivity contribution < 1.29 is 14.7 Å². The minimum atomic E-state index is -1.03. The highest BCUT2D eigenvalue weighted by atomic mass is 16.4. The highest BCUT2D eigenvalue weighted by Crippen LogP contribution is 1.92. The molecular weight excluding hydrogens is 196 g/mol. The van der Waals surface area contributed by atoms with Gasteiger partial charge in [-0.25, -0.2) is 4.79 Å². The number of nitrogens with zero attached hydrogens (tertiary/aromatic N) is 1. The third kappa shape index (κ3) is 7.38. The van der Waals surface area contributed by atoms with Gasteiger partial charge in [0.15, 0.2) is 0 Å². The first-order valence-electron chi connectivity index (χ1n) is 4.72. The van der Waals surface area contributed by atoms with Gasteiger partial charge < -0.3 is 15.3 Å². The predicted octanol–water partition coefficient (Wildman–Crippen LogP) is 0.516. The Bertz CT molecular complexity index is 258. The number of hydrogen-bond donors (Lipinski definition) is 2. The van der Waals surface area contributed by atoms with E-state index in [2.05, 4.69) is 11.2 Å². The van der Waals surface area contributed by atoms with E-state index in [0.29, 0.717) is 13.0 Å². The Kier molecular flexibility index (Phi) is 6.81. The van der Waals surface area contributed by atoms with Crippen LogP contribution >= 0.6 is 0 Å². The average molecular weight is 212 g/mol. The fraction of sp³-hybridized carbons (Fsp3) is 0.600. The van der Waals surface area contributed by atoms with Crippen LogP contribution in [-0.4, -0.2) is 42.1 Å². The number of terminal acetylenes is 1. The van der Waals surface area contributed by atoms with Gasteiger partial charge in [-0.3, -0.25) is 4.79 Å². The van der Waals surface area contributed by atoms with Crippen molar-refractivity contribution in [2.45, 2.75) is 19.3 Å². The Hall–Kier alpha value is -1.70. The third-order valence-corrected chi connectivity index (χ3v) is 1.74. The molecule has 5 heteroatoms. The molecule has 0 aromatic heterocycles. The van der Waals surface area contributed by atoms with Gasteiger partial charge in [-0.2, -0.15) is 0 Å². The SMILES string of the molecule is C#CCCCCNC(=O)N(C)CC(=O)O. The van der Waals surface area contributed by atoms with Gasteiger partial charge in [0.2, 0.25) is 0 Å². The smallest absolute Gasteiger partial charge is 0.323 e. The highest BCUT2D eigenvalue weighted by molar-refractivity contribution is 5.79. The summed E-state index contributed by atoms with van der Waals surface area (Å²) in [5, 5.41) is 11.0. The molecule has 84 valence electrons. The maximum absolute atomic E-state index is 11.2. The number of unbranched alkanes of at least 4 members (excludes halogenated alkanes) is 2. The van der Waals surface area contributed by atoms with E-state index in [-0.39, 0.29) is 12.6 Å². The molecule has 0 atom stereocenters. The van der Waals surface area contributed by atoms with E-state index in [1.807, 2.05) is 0 Å². The summed E-state index contributed by atoms with van der Waals surface area (Å²) in [7, 11) is 1.44. The van der Waals surface area contributed by atoms with Crippen LogP contribution < -0.4 is 5.32 Å². The van der Waals surface area contributed by atoms with E-state index in [9.17, 15) is 9.59 Å². The van der Waals surface area contributed by atoms with Crippen LogP contribution in [0.1, 0.15) is 19.3 Å². The second-order valence-corrected chi connectivity index (χ2v) is 3.14. The van der Waals surface area contributed by atoms with Crippen molar-refractivity contribution in [3.63, 3.8) is 0 Å². The second-order valence-electron chi connectivity index (χ2n) is 3.14. The van der Waals surface area contributed by atoms with Gasteiger partial charge in [0.1, 0.15) is 6.54 Å². The summed E-state index contributed by atoms with van der Waals surface area (Å²) in [4.78, 5) is 22.6. The summed E-state index contributed by atoms with van der Waals surface area (Å²) in [5.41, 5.74) is 0. The molecule has 2 amide bonds. The fourth-order valence-electron chi connectivity index (χ4n) is 0.957. The van der Waals surface area contributed by atoms with Crippen LogP contribution in [0.4, 0.5) is 4.79 Å². The number of amides is 2. The number of carboxylic acids is 1. The standard InChI is InChI=1S/C10H16N2O3/c1-3-4-5-6-7-11-10(15)12(2)8-9(13)14/h1H,4-8H2,2H3,(H,11,15)(H,13,14).